The van der Waals surface area contributed by atoms with Gasteiger partial charge in [-0.1, -0.05) is 11.6 Å². The molecule has 0 atom stereocenters. The molecule has 0 heterocycles. The number of benzene rings is 2. The second kappa shape index (κ2) is 6.89. The smallest absolute Gasteiger partial charge is 0.343 e. The van der Waals surface area contributed by atoms with E-state index in [0.29, 0.717) is 5.69 Å². The minimum atomic E-state index is -0.753. The Kier molecular flexibility index (Phi) is 4.92. The number of nitrogens with zero attached hydrogens (tertiary/aromatic N) is 1. The molecule has 0 bridgehead atoms. The van der Waals surface area contributed by atoms with E-state index in [1.165, 1.54) is 31.2 Å². The maximum atomic E-state index is 12.0. The van der Waals surface area contributed by atoms with Crippen LogP contribution in [0.4, 0.5) is 11.4 Å². The van der Waals surface area contributed by atoms with Crippen LogP contribution in [-0.2, 0) is 4.79 Å². The third-order valence-corrected chi connectivity index (χ3v) is 3.08. The Balaban J connectivity index is 2.14. The third kappa shape index (κ3) is 4.27. The van der Waals surface area contributed by atoms with E-state index in [9.17, 15) is 19.7 Å². The first-order chi connectivity index (χ1) is 10.9. The first-order valence-electron chi connectivity index (χ1n) is 6.40. The summed E-state index contributed by atoms with van der Waals surface area (Å²) in [5.41, 5.74) is 0.189. The molecule has 0 aliphatic carbocycles. The van der Waals surface area contributed by atoms with E-state index in [-0.39, 0.29) is 27.9 Å². The van der Waals surface area contributed by atoms with Crippen molar-refractivity contribution < 1.29 is 19.2 Å². The zero-order valence-corrected chi connectivity index (χ0v) is 12.7. The molecule has 23 heavy (non-hydrogen) atoms. The monoisotopic (exact) mass is 334 g/mol. The molecule has 7 nitrogen and oxygen atoms in total. The highest BCUT2D eigenvalue weighted by Crippen LogP contribution is 2.26. The Morgan fingerprint density at radius 3 is 2.39 bits per heavy atom. The van der Waals surface area contributed by atoms with Gasteiger partial charge in [-0.25, -0.2) is 4.79 Å². The molecule has 1 amide bonds. The van der Waals surface area contributed by atoms with Crippen molar-refractivity contribution in [3.05, 3.63) is 63.2 Å². The lowest BCUT2D eigenvalue weighted by molar-refractivity contribution is -0.384. The van der Waals surface area contributed by atoms with Gasteiger partial charge in [0.25, 0.3) is 5.69 Å². The maximum Gasteiger partial charge on any atom is 0.343 e. The SMILES string of the molecule is CC(=O)Nc1ccc(OC(=O)c2ccc(Cl)c([N+](=O)[O-])c2)cc1. The van der Waals surface area contributed by atoms with Crippen LogP contribution in [0.2, 0.25) is 5.02 Å². The molecule has 0 aliphatic rings. The molecule has 0 spiro atoms. The van der Waals surface area contributed by atoms with E-state index in [2.05, 4.69) is 5.32 Å². The number of carbonyl (C=O) groups excluding carboxylic acids is 2. The van der Waals surface area contributed by atoms with Crippen molar-refractivity contribution in [3.63, 3.8) is 0 Å². The van der Waals surface area contributed by atoms with Gasteiger partial charge in [0.2, 0.25) is 5.91 Å². The minimum Gasteiger partial charge on any atom is -0.423 e. The molecule has 2 aromatic rings. The zero-order valence-electron chi connectivity index (χ0n) is 11.9. The Morgan fingerprint density at radius 2 is 1.83 bits per heavy atom. The molecule has 0 unspecified atom stereocenters. The maximum absolute atomic E-state index is 12.0. The van der Waals surface area contributed by atoms with E-state index in [1.54, 1.807) is 12.1 Å². The van der Waals surface area contributed by atoms with Gasteiger partial charge >= 0.3 is 5.97 Å². The van der Waals surface area contributed by atoms with Gasteiger partial charge in [-0.15, -0.1) is 0 Å². The summed E-state index contributed by atoms with van der Waals surface area (Å²) in [6.45, 7) is 1.38. The van der Waals surface area contributed by atoms with Gasteiger partial charge in [0, 0.05) is 18.7 Å². The highest BCUT2D eigenvalue weighted by molar-refractivity contribution is 6.32. The van der Waals surface area contributed by atoms with Gasteiger partial charge in [-0.2, -0.15) is 0 Å². The number of carbonyl (C=O) groups is 2. The summed E-state index contributed by atoms with van der Waals surface area (Å²) in [5, 5.41) is 13.3. The van der Waals surface area contributed by atoms with E-state index < -0.39 is 10.9 Å². The summed E-state index contributed by atoms with van der Waals surface area (Å²) >= 11 is 5.69. The van der Waals surface area contributed by atoms with Crippen LogP contribution in [0.3, 0.4) is 0 Å². The van der Waals surface area contributed by atoms with Crippen molar-refractivity contribution in [1.29, 1.82) is 0 Å². The Labute approximate surface area is 136 Å². The van der Waals surface area contributed by atoms with Crippen LogP contribution in [0.5, 0.6) is 5.75 Å². The van der Waals surface area contributed by atoms with Crippen molar-refractivity contribution >= 4 is 34.9 Å². The van der Waals surface area contributed by atoms with Gasteiger partial charge < -0.3 is 10.1 Å². The third-order valence-electron chi connectivity index (χ3n) is 2.76. The Bertz CT molecular complexity index is 774. The number of hydrogen-bond donors (Lipinski definition) is 1. The predicted octanol–water partition coefficient (Wildman–Crippen LogP) is 3.43. The van der Waals surface area contributed by atoms with Crippen LogP contribution in [0.15, 0.2) is 42.5 Å². The van der Waals surface area contributed by atoms with Crippen LogP contribution in [0.1, 0.15) is 17.3 Å². The highest BCUT2D eigenvalue weighted by atomic mass is 35.5. The second-order valence-corrected chi connectivity index (χ2v) is 4.93. The molecule has 2 rings (SSSR count). The molecule has 0 saturated carbocycles. The van der Waals surface area contributed by atoms with Crippen LogP contribution in [0.25, 0.3) is 0 Å². The number of hydrogen-bond acceptors (Lipinski definition) is 5. The molecule has 0 radical (unpaired) electrons. The van der Waals surface area contributed by atoms with E-state index in [0.717, 1.165) is 6.07 Å². The number of esters is 1. The molecular formula is C15H11ClN2O5. The van der Waals surface area contributed by atoms with Crippen molar-refractivity contribution in [1.82, 2.24) is 0 Å². The van der Waals surface area contributed by atoms with Gasteiger partial charge in [0.05, 0.1) is 10.5 Å². The lowest BCUT2D eigenvalue weighted by Gasteiger charge is -2.06. The summed E-state index contributed by atoms with van der Waals surface area (Å²) in [6, 6.07) is 9.76. The van der Waals surface area contributed by atoms with E-state index in [4.69, 9.17) is 16.3 Å². The number of anilines is 1. The summed E-state index contributed by atoms with van der Waals surface area (Å²) in [4.78, 5) is 33.1. The standard InChI is InChI=1S/C15H11ClN2O5/c1-9(19)17-11-3-5-12(6-4-11)23-15(20)10-2-7-13(16)14(8-10)18(21)22/h2-8H,1H3,(H,17,19). The number of nitro benzene ring substituents is 1. The van der Waals surface area contributed by atoms with Gasteiger partial charge in [0.1, 0.15) is 10.8 Å². The summed E-state index contributed by atoms with van der Waals surface area (Å²) < 4.78 is 5.12. The van der Waals surface area contributed by atoms with Gasteiger partial charge in [0.15, 0.2) is 0 Å². The first kappa shape index (κ1) is 16.4. The van der Waals surface area contributed by atoms with E-state index in [1.807, 2.05) is 0 Å². The highest BCUT2D eigenvalue weighted by Gasteiger charge is 2.17. The summed E-state index contributed by atoms with van der Waals surface area (Å²) in [6.07, 6.45) is 0. The molecule has 118 valence electrons. The average Bonchev–Trinajstić information content (AvgIpc) is 2.48. The Morgan fingerprint density at radius 1 is 1.17 bits per heavy atom. The number of nitrogens with one attached hydrogen (secondary N) is 1. The number of ether oxygens (including phenoxy) is 1. The van der Waals surface area contributed by atoms with Crippen LogP contribution < -0.4 is 10.1 Å². The predicted molar refractivity (Wildman–Crippen MR) is 83.8 cm³/mol. The topological polar surface area (TPSA) is 98.5 Å². The number of nitro groups is 1. The van der Waals surface area contributed by atoms with Crippen LogP contribution >= 0.6 is 11.6 Å². The zero-order chi connectivity index (χ0) is 17.0. The molecule has 2 aromatic carbocycles. The van der Waals surface area contributed by atoms with E-state index >= 15 is 0 Å². The molecule has 0 aromatic heterocycles. The van der Waals surface area contributed by atoms with Crippen LogP contribution in [-0.4, -0.2) is 16.8 Å². The minimum absolute atomic E-state index is 0.00652. The quantitative estimate of drug-likeness (QED) is 0.400. The van der Waals surface area contributed by atoms with Crippen molar-refractivity contribution in [2.24, 2.45) is 0 Å². The lowest BCUT2D eigenvalue weighted by atomic mass is 10.2. The normalized spacial score (nSPS) is 10.0. The number of halogens is 1. The van der Waals surface area contributed by atoms with Gasteiger partial charge in [-0.3, -0.25) is 14.9 Å². The van der Waals surface area contributed by atoms with Crippen LogP contribution in [0, 0.1) is 10.1 Å². The Hall–Kier alpha value is -2.93. The molecular weight excluding hydrogens is 324 g/mol. The molecule has 1 N–H and O–H groups in total. The fraction of sp³-hybridized carbons (Fsp3) is 0.0667. The average molecular weight is 335 g/mol. The summed E-state index contributed by atoms with van der Waals surface area (Å²) in [7, 11) is 0. The number of amides is 1. The number of rotatable bonds is 4. The summed E-state index contributed by atoms with van der Waals surface area (Å²) in [5.74, 6) is -0.734. The van der Waals surface area contributed by atoms with Crippen molar-refractivity contribution in [3.8, 4) is 5.75 Å². The fourth-order valence-electron chi connectivity index (χ4n) is 1.76. The second-order valence-electron chi connectivity index (χ2n) is 4.52. The fourth-order valence-corrected chi connectivity index (χ4v) is 1.94. The van der Waals surface area contributed by atoms with Crippen molar-refractivity contribution in [2.75, 3.05) is 5.32 Å². The van der Waals surface area contributed by atoms with Crippen molar-refractivity contribution in [2.45, 2.75) is 6.92 Å². The molecule has 0 saturated heterocycles. The lowest BCUT2D eigenvalue weighted by Crippen LogP contribution is -2.09. The molecule has 0 fully saturated rings. The first-order valence-corrected chi connectivity index (χ1v) is 6.78. The van der Waals surface area contributed by atoms with Gasteiger partial charge in [-0.05, 0) is 36.4 Å². The largest absolute Gasteiger partial charge is 0.423 e. The molecule has 0 aliphatic heterocycles. The molecule has 8 heteroatoms.